The van der Waals surface area contributed by atoms with E-state index in [0.717, 1.165) is 0 Å². The van der Waals surface area contributed by atoms with Crippen molar-refractivity contribution in [1.29, 1.82) is 0 Å². The van der Waals surface area contributed by atoms with E-state index >= 15 is 0 Å². The number of hydrogen-bond donors (Lipinski definition) is 0. The third kappa shape index (κ3) is 6.18. The number of ether oxygens (including phenoxy) is 1. The van der Waals surface area contributed by atoms with Gasteiger partial charge < -0.3 is 4.74 Å². The normalized spacial score (nSPS) is 12.0. The quantitative estimate of drug-likeness (QED) is 0.514. The van der Waals surface area contributed by atoms with Gasteiger partial charge in [-0.05, 0) is 13.8 Å². The van der Waals surface area contributed by atoms with Crippen LogP contribution in [0.3, 0.4) is 0 Å². The zero-order chi connectivity index (χ0) is 5.91. The smallest absolute Gasteiger partial charge is 0.204 e. The summed E-state index contributed by atoms with van der Waals surface area (Å²) in [5, 5.41) is 0. The lowest BCUT2D eigenvalue weighted by molar-refractivity contribution is -0.0975. The van der Waals surface area contributed by atoms with Gasteiger partial charge in [-0.3, -0.25) is 0 Å². The van der Waals surface area contributed by atoms with Crippen LogP contribution in [0.2, 0.25) is 0 Å². The lowest BCUT2D eigenvalue weighted by Gasteiger charge is -2.11. The standard InChI is InChI=1S/C4H8ClFO/c1-4(2,6)7-3-5/h3H2,1-2H3. The fraction of sp³-hybridized carbons (Fsp3) is 1.00. The molecule has 0 saturated heterocycles. The van der Waals surface area contributed by atoms with Crippen molar-refractivity contribution in [2.45, 2.75) is 19.7 Å². The van der Waals surface area contributed by atoms with E-state index in [1.165, 1.54) is 13.8 Å². The van der Waals surface area contributed by atoms with Crippen LogP contribution in [0.1, 0.15) is 13.8 Å². The number of alkyl halides is 2. The fourth-order valence-electron chi connectivity index (χ4n) is 0.130. The second-order valence-electron chi connectivity index (χ2n) is 1.62. The minimum Gasteiger partial charge on any atom is -0.330 e. The second kappa shape index (κ2) is 2.48. The molecule has 0 spiro atoms. The van der Waals surface area contributed by atoms with Crippen molar-refractivity contribution in [1.82, 2.24) is 0 Å². The predicted octanol–water partition coefficient (Wildman–Crippen LogP) is 1.90. The van der Waals surface area contributed by atoms with Gasteiger partial charge in [0.1, 0.15) is 6.07 Å². The van der Waals surface area contributed by atoms with E-state index in [0.29, 0.717) is 0 Å². The van der Waals surface area contributed by atoms with Crippen LogP contribution in [0.15, 0.2) is 0 Å². The topological polar surface area (TPSA) is 9.23 Å². The van der Waals surface area contributed by atoms with Crippen LogP contribution < -0.4 is 0 Å². The van der Waals surface area contributed by atoms with Gasteiger partial charge in [0.25, 0.3) is 0 Å². The van der Waals surface area contributed by atoms with Gasteiger partial charge in [0.05, 0.1) is 0 Å². The SMILES string of the molecule is CC(C)(F)OCCl. The molecule has 0 aliphatic carbocycles. The van der Waals surface area contributed by atoms with E-state index in [-0.39, 0.29) is 6.07 Å². The van der Waals surface area contributed by atoms with E-state index in [4.69, 9.17) is 11.6 Å². The van der Waals surface area contributed by atoms with Gasteiger partial charge >= 0.3 is 0 Å². The maximum absolute atomic E-state index is 12.1. The van der Waals surface area contributed by atoms with Crippen LogP contribution >= 0.6 is 11.6 Å². The molecule has 0 heterocycles. The minimum absolute atomic E-state index is 0.0938. The van der Waals surface area contributed by atoms with Gasteiger partial charge in [-0.1, -0.05) is 11.6 Å². The Morgan fingerprint density at radius 1 is 1.71 bits per heavy atom. The van der Waals surface area contributed by atoms with Gasteiger partial charge in [0.2, 0.25) is 5.85 Å². The van der Waals surface area contributed by atoms with Gasteiger partial charge in [0, 0.05) is 0 Å². The monoisotopic (exact) mass is 126 g/mol. The number of rotatable bonds is 2. The second-order valence-corrected chi connectivity index (χ2v) is 1.84. The molecule has 0 unspecified atom stereocenters. The van der Waals surface area contributed by atoms with Crippen LogP contribution in [0.4, 0.5) is 4.39 Å². The highest BCUT2D eigenvalue weighted by Gasteiger charge is 2.13. The molecule has 0 aliphatic heterocycles. The Balaban J connectivity index is 3.15. The molecular weight excluding hydrogens is 118 g/mol. The lowest BCUT2D eigenvalue weighted by Crippen LogP contribution is -2.15. The minimum atomic E-state index is -1.58. The molecule has 0 aromatic heterocycles. The molecule has 0 fully saturated rings. The highest BCUT2D eigenvalue weighted by Crippen LogP contribution is 2.09. The fourth-order valence-corrected chi connectivity index (χ4v) is 0.389. The average molecular weight is 127 g/mol. The highest BCUT2D eigenvalue weighted by molar-refractivity contribution is 6.17. The van der Waals surface area contributed by atoms with Crippen LogP contribution in [0, 0.1) is 0 Å². The van der Waals surface area contributed by atoms with E-state index in [1.54, 1.807) is 0 Å². The predicted molar refractivity (Wildman–Crippen MR) is 27.0 cm³/mol. The van der Waals surface area contributed by atoms with Crippen LogP contribution in [0.5, 0.6) is 0 Å². The Morgan fingerprint density at radius 3 is 2.14 bits per heavy atom. The van der Waals surface area contributed by atoms with Crippen molar-refractivity contribution in [2.75, 3.05) is 6.07 Å². The molecule has 0 bridgehead atoms. The van der Waals surface area contributed by atoms with Gasteiger partial charge in [0.15, 0.2) is 0 Å². The van der Waals surface area contributed by atoms with E-state index in [9.17, 15) is 4.39 Å². The Kier molecular flexibility index (Phi) is 2.54. The average Bonchev–Trinajstić information content (AvgIpc) is 1.30. The molecule has 44 valence electrons. The number of halogens is 2. The van der Waals surface area contributed by atoms with Gasteiger partial charge in [-0.2, -0.15) is 0 Å². The Labute approximate surface area is 47.4 Å². The lowest BCUT2D eigenvalue weighted by atomic mass is 10.4. The van der Waals surface area contributed by atoms with E-state index in [2.05, 4.69) is 4.74 Å². The molecule has 7 heavy (non-hydrogen) atoms. The van der Waals surface area contributed by atoms with Gasteiger partial charge in [-0.15, -0.1) is 0 Å². The van der Waals surface area contributed by atoms with Crippen LogP contribution in [-0.2, 0) is 4.74 Å². The summed E-state index contributed by atoms with van der Waals surface area (Å²) in [5.41, 5.74) is 0. The van der Waals surface area contributed by atoms with E-state index in [1.807, 2.05) is 0 Å². The number of hydrogen-bond acceptors (Lipinski definition) is 1. The molecule has 0 aromatic carbocycles. The Hall–Kier alpha value is 0.180. The first-order valence-corrected chi connectivity index (χ1v) is 2.48. The zero-order valence-electron chi connectivity index (χ0n) is 4.37. The molecule has 0 radical (unpaired) electrons. The van der Waals surface area contributed by atoms with Crippen LogP contribution in [0.25, 0.3) is 0 Å². The molecule has 0 atom stereocenters. The van der Waals surface area contributed by atoms with E-state index < -0.39 is 5.85 Å². The molecule has 0 saturated carbocycles. The first kappa shape index (κ1) is 7.18. The third-order valence-corrected chi connectivity index (χ3v) is 0.507. The molecule has 0 amide bonds. The maximum Gasteiger partial charge on any atom is 0.204 e. The zero-order valence-corrected chi connectivity index (χ0v) is 5.13. The Bertz CT molecular complexity index is 50.1. The van der Waals surface area contributed by atoms with Crippen molar-refractivity contribution in [2.24, 2.45) is 0 Å². The first-order chi connectivity index (χ1) is 3.06. The molecule has 0 aliphatic rings. The summed E-state index contributed by atoms with van der Waals surface area (Å²) < 4.78 is 16.4. The third-order valence-electron chi connectivity index (χ3n) is 0.398. The molecule has 0 rings (SSSR count). The summed E-state index contributed by atoms with van der Waals surface area (Å²) in [6.45, 7) is 2.60. The first-order valence-electron chi connectivity index (χ1n) is 1.95. The summed E-state index contributed by atoms with van der Waals surface area (Å²) in [4.78, 5) is 0. The molecule has 0 N–H and O–H groups in total. The van der Waals surface area contributed by atoms with Gasteiger partial charge in [-0.25, -0.2) is 4.39 Å². The summed E-state index contributed by atoms with van der Waals surface area (Å²) >= 11 is 5.02. The summed E-state index contributed by atoms with van der Waals surface area (Å²) in [6.07, 6.45) is 0. The molecule has 0 aromatic rings. The van der Waals surface area contributed by atoms with Crippen molar-refractivity contribution >= 4 is 11.6 Å². The largest absolute Gasteiger partial charge is 0.330 e. The van der Waals surface area contributed by atoms with Crippen molar-refractivity contribution in [3.8, 4) is 0 Å². The van der Waals surface area contributed by atoms with Crippen molar-refractivity contribution in [3.63, 3.8) is 0 Å². The maximum atomic E-state index is 12.1. The van der Waals surface area contributed by atoms with Crippen molar-refractivity contribution in [3.05, 3.63) is 0 Å². The summed E-state index contributed by atoms with van der Waals surface area (Å²) in [7, 11) is 0. The molecular formula is C4H8ClFO. The summed E-state index contributed by atoms with van der Waals surface area (Å²) in [5.74, 6) is -1.58. The van der Waals surface area contributed by atoms with Crippen molar-refractivity contribution < 1.29 is 9.13 Å². The molecule has 3 heteroatoms. The van der Waals surface area contributed by atoms with Crippen LogP contribution in [-0.4, -0.2) is 11.9 Å². The molecule has 1 nitrogen and oxygen atoms in total. The highest BCUT2D eigenvalue weighted by atomic mass is 35.5. The Morgan fingerprint density at radius 2 is 2.14 bits per heavy atom. The summed E-state index contributed by atoms with van der Waals surface area (Å²) in [6, 6.07) is -0.0938.